The SMILES string of the molecule is Cc1ccc(C)c(OCC(=O)N2CCN(Cc3nc(-c4ccc(Cl)cc4)no3)CC2)c1. The van der Waals surface area contributed by atoms with Crippen LogP contribution in [0, 0.1) is 13.8 Å². The molecule has 31 heavy (non-hydrogen) atoms. The van der Waals surface area contributed by atoms with Gasteiger partial charge in [0.25, 0.3) is 5.91 Å². The maximum absolute atomic E-state index is 12.5. The van der Waals surface area contributed by atoms with Crippen LogP contribution in [-0.4, -0.2) is 58.6 Å². The Kier molecular flexibility index (Phi) is 6.53. The number of amides is 1. The lowest BCUT2D eigenvalue weighted by molar-refractivity contribution is -0.135. The maximum Gasteiger partial charge on any atom is 0.260 e. The van der Waals surface area contributed by atoms with Gasteiger partial charge in [-0.2, -0.15) is 4.98 Å². The van der Waals surface area contributed by atoms with E-state index in [0.29, 0.717) is 36.4 Å². The first-order valence-electron chi connectivity index (χ1n) is 10.3. The second-order valence-corrected chi connectivity index (χ2v) is 8.17. The zero-order valence-electron chi connectivity index (χ0n) is 17.7. The lowest BCUT2D eigenvalue weighted by Crippen LogP contribution is -2.49. The molecule has 0 radical (unpaired) electrons. The number of piperazine rings is 1. The molecule has 1 saturated heterocycles. The minimum Gasteiger partial charge on any atom is -0.483 e. The summed E-state index contributed by atoms with van der Waals surface area (Å²) >= 11 is 5.92. The number of halogens is 1. The highest BCUT2D eigenvalue weighted by Crippen LogP contribution is 2.20. The molecule has 0 unspecified atom stereocenters. The van der Waals surface area contributed by atoms with Crippen molar-refractivity contribution in [1.82, 2.24) is 19.9 Å². The molecule has 7 nitrogen and oxygen atoms in total. The van der Waals surface area contributed by atoms with Gasteiger partial charge in [0.15, 0.2) is 6.61 Å². The molecule has 2 aromatic carbocycles. The first-order valence-corrected chi connectivity index (χ1v) is 10.6. The predicted molar refractivity (Wildman–Crippen MR) is 118 cm³/mol. The van der Waals surface area contributed by atoms with Crippen molar-refractivity contribution < 1.29 is 14.1 Å². The fourth-order valence-corrected chi connectivity index (χ4v) is 3.60. The molecule has 1 aliphatic heterocycles. The van der Waals surface area contributed by atoms with Crippen molar-refractivity contribution in [2.75, 3.05) is 32.8 Å². The molecule has 0 N–H and O–H groups in total. The number of ether oxygens (including phenoxy) is 1. The summed E-state index contributed by atoms with van der Waals surface area (Å²) in [6, 6.07) is 13.3. The summed E-state index contributed by atoms with van der Waals surface area (Å²) in [6.45, 7) is 7.38. The standard InChI is InChI=1S/C23H25ClN4O3/c1-16-3-4-17(2)20(13-16)30-15-22(29)28-11-9-27(10-12-28)14-21-25-23(26-31-21)18-5-7-19(24)8-6-18/h3-8,13H,9-12,14-15H2,1-2H3. The van der Waals surface area contributed by atoms with E-state index in [1.165, 1.54) is 0 Å². The average molecular weight is 441 g/mol. The summed E-state index contributed by atoms with van der Waals surface area (Å²) in [5.41, 5.74) is 3.00. The largest absolute Gasteiger partial charge is 0.483 e. The fourth-order valence-electron chi connectivity index (χ4n) is 3.48. The summed E-state index contributed by atoms with van der Waals surface area (Å²) < 4.78 is 11.2. The smallest absolute Gasteiger partial charge is 0.260 e. The van der Waals surface area contributed by atoms with E-state index in [0.717, 1.165) is 35.5 Å². The van der Waals surface area contributed by atoms with Crippen LogP contribution < -0.4 is 4.74 Å². The lowest BCUT2D eigenvalue weighted by atomic mass is 10.1. The van der Waals surface area contributed by atoms with Gasteiger partial charge in [0.1, 0.15) is 5.75 Å². The molecule has 2 heterocycles. The molecule has 162 valence electrons. The van der Waals surface area contributed by atoms with Crippen molar-refractivity contribution in [2.45, 2.75) is 20.4 Å². The van der Waals surface area contributed by atoms with Gasteiger partial charge < -0.3 is 14.2 Å². The van der Waals surface area contributed by atoms with Gasteiger partial charge in [0.05, 0.1) is 6.54 Å². The van der Waals surface area contributed by atoms with E-state index in [4.69, 9.17) is 20.9 Å². The second kappa shape index (κ2) is 9.49. The number of aryl methyl sites for hydroxylation is 2. The van der Waals surface area contributed by atoms with Crippen LogP contribution in [0.15, 0.2) is 47.0 Å². The number of carbonyl (C=O) groups is 1. The van der Waals surface area contributed by atoms with Crippen LogP contribution in [0.4, 0.5) is 0 Å². The highest BCUT2D eigenvalue weighted by Gasteiger charge is 2.23. The molecule has 0 bridgehead atoms. The third-order valence-electron chi connectivity index (χ3n) is 5.35. The van der Waals surface area contributed by atoms with Gasteiger partial charge in [-0.3, -0.25) is 9.69 Å². The molecule has 0 aliphatic carbocycles. The molecule has 1 aromatic heterocycles. The first kappa shape index (κ1) is 21.3. The highest BCUT2D eigenvalue weighted by molar-refractivity contribution is 6.30. The Morgan fingerprint density at radius 3 is 2.58 bits per heavy atom. The Balaban J connectivity index is 1.25. The number of hydrogen-bond donors (Lipinski definition) is 0. The number of hydrogen-bond acceptors (Lipinski definition) is 6. The summed E-state index contributed by atoms with van der Waals surface area (Å²) in [5.74, 6) is 1.87. The molecule has 4 rings (SSSR count). The first-order chi connectivity index (χ1) is 15.0. The van der Waals surface area contributed by atoms with Crippen LogP contribution in [0.2, 0.25) is 5.02 Å². The highest BCUT2D eigenvalue weighted by atomic mass is 35.5. The summed E-state index contributed by atoms with van der Waals surface area (Å²) in [4.78, 5) is 21.1. The van der Waals surface area contributed by atoms with Crippen molar-refractivity contribution in [2.24, 2.45) is 0 Å². The van der Waals surface area contributed by atoms with Crippen LogP contribution in [0.1, 0.15) is 17.0 Å². The van der Waals surface area contributed by atoms with E-state index in [1.54, 1.807) is 12.1 Å². The summed E-state index contributed by atoms with van der Waals surface area (Å²) in [5, 5.41) is 4.72. The van der Waals surface area contributed by atoms with E-state index < -0.39 is 0 Å². The quantitative estimate of drug-likeness (QED) is 0.581. The van der Waals surface area contributed by atoms with Gasteiger partial charge in [-0.05, 0) is 55.3 Å². The van der Waals surface area contributed by atoms with Crippen molar-refractivity contribution in [3.63, 3.8) is 0 Å². The Bertz CT molecular complexity index is 1040. The third kappa shape index (κ3) is 5.42. The number of benzene rings is 2. The van der Waals surface area contributed by atoms with Crippen molar-refractivity contribution in [3.8, 4) is 17.1 Å². The molecule has 1 fully saturated rings. The van der Waals surface area contributed by atoms with E-state index in [1.807, 2.05) is 49.1 Å². The zero-order valence-corrected chi connectivity index (χ0v) is 18.4. The van der Waals surface area contributed by atoms with Crippen LogP contribution in [0.3, 0.4) is 0 Å². The molecule has 0 atom stereocenters. The third-order valence-corrected chi connectivity index (χ3v) is 5.60. The van der Waals surface area contributed by atoms with Crippen molar-refractivity contribution >= 4 is 17.5 Å². The van der Waals surface area contributed by atoms with Gasteiger partial charge in [-0.25, -0.2) is 0 Å². The van der Waals surface area contributed by atoms with E-state index in [9.17, 15) is 4.79 Å². The number of carbonyl (C=O) groups excluding carboxylic acids is 1. The van der Waals surface area contributed by atoms with Gasteiger partial charge >= 0.3 is 0 Å². The van der Waals surface area contributed by atoms with Crippen molar-refractivity contribution in [1.29, 1.82) is 0 Å². The van der Waals surface area contributed by atoms with Crippen LogP contribution >= 0.6 is 11.6 Å². The van der Waals surface area contributed by atoms with E-state index >= 15 is 0 Å². The van der Waals surface area contributed by atoms with Crippen LogP contribution in [0.5, 0.6) is 5.75 Å². The van der Waals surface area contributed by atoms with Crippen LogP contribution in [-0.2, 0) is 11.3 Å². The maximum atomic E-state index is 12.5. The molecule has 0 spiro atoms. The predicted octanol–water partition coefficient (Wildman–Crippen LogP) is 3.73. The molecule has 8 heteroatoms. The van der Waals surface area contributed by atoms with Gasteiger partial charge in [0, 0.05) is 36.8 Å². The monoisotopic (exact) mass is 440 g/mol. The zero-order chi connectivity index (χ0) is 21.8. The Morgan fingerprint density at radius 2 is 1.84 bits per heavy atom. The van der Waals surface area contributed by atoms with E-state index in [2.05, 4.69) is 15.0 Å². The molecule has 3 aromatic rings. The minimum absolute atomic E-state index is 0.00312. The van der Waals surface area contributed by atoms with E-state index in [-0.39, 0.29) is 12.5 Å². The second-order valence-electron chi connectivity index (χ2n) is 7.73. The number of nitrogens with zero attached hydrogens (tertiary/aromatic N) is 4. The Labute approximate surface area is 186 Å². The molecular formula is C23H25ClN4O3. The topological polar surface area (TPSA) is 71.7 Å². The molecule has 0 saturated carbocycles. The molecule has 1 amide bonds. The number of rotatable bonds is 6. The summed E-state index contributed by atoms with van der Waals surface area (Å²) in [7, 11) is 0. The lowest BCUT2D eigenvalue weighted by Gasteiger charge is -2.33. The average Bonchev–Trinajstić information content (AvgIpc) is 3.23. The number of aromatic nitrogens is 2. The van der Waals surface area contributed by atoms with Crippen molar-refractivity contribution in [3.05, 3.63) is 64.5 Å². The molecular weight excluding hydrogens is 416 g/mol. The fraction of sp³-hybridized carbons (Fsp3) is 0.348. The van der Waals surface area contributed by atoms with Crippen LogP contribution in [0.25, 0.3) is 11.4 Å². The Morgan fingerprint density at radius 1 is 1.10 bits per heavy atom. The van der Waals surface area contributed by atoms with Gasteiger partial charge in [-0.15, -0.1) is 0 Å². The minimum atomic E-state index is 0.00312. The summed E-state index contributed by atoms with van der Waals surface area (Å²) in [6.07, 6.45) is 0. The Hall–Kier alpha value is -2.90. The van der Waals surface area contributed by atoms with Gasteiger partial charge in [-0.1, -0.05) is 28.9 Å². The normalized spacial score (nSPS) is 14.6. The van der Waals surface area contributed by atoms with Gasteiger partial charge in [0.2, 0.25) is 11.7 Å². The molecule has 1 aliphatic rings.